The van der Waals surface area contributed by atoms with Gasteiger partial charge in [-0.25, -0.2) is 18.9 Å². The van der Waals surface area contributed by atoms with Crippen LogP contribution in [0.4, 0.5) is 21.6 Å². The van der Waals surface area contributed by atoms with Gasteiger partial charge in [0.15, 0.2) is 17.2 Å². The fraction of sp³-hybridized carbons (Fsp3) is 0.250. The largest absolute Gasteiger partial charge is 0.497 e. The van der Waals surface area contributed by atoms with Crippen molar-refractivity contribution in [2.45, 2.75) is 38.5 Å². The van der Waals surface area contributed by atoms with E-state index >= 15 is 0 Å². The number of hydrogen-bond donors (Lipinski definition) is 2. The van der Waals surface area contributed by atoms with Crippen molar-refractivity contribution < 1.29 is 23.5 Å². The van der Waals surface area contributed by atoms with Gasteiger partial charge in [-0.3, -0.25) is 14.2 Å². The normalized spacial score (nSPS) is 14.9. The van der Waals surface area contributed by atoms with Gasteiger partial charge in [0, 0.05) is 38.5 Å². The summed E-state index contributed by atoms with van der Waals surface area (Å²) in [5.74, 6) is 1.09. The second kappa shape index (κ2) is 13.8. The van der Waals surface area contributed by atoms with Crippen molar-refractivity contribution in [2.75, 3.05) is 24.4 Å². The van der Waals surface area contributed by atoms with Crippen molar-refractivity contribution in [3.63, 3.8) is 0 Å². The Hall–Kier alpha value is -5.88. The lowest BCUT2D eigenvalue weighted by atomic mass is 10.2. The molecule has 1 amide bonds. The molecule has 13 nitrogen and oxygen atoms in total. The van der Waals surface area contributed by atoms with E-state index in [9.17, 15) is 14.0 Å². The summed E-state index contributed by atoms with van der Waals surface area (Å²) >= 11 is 0. The topological polar surface area (TPSA) is 153 Å². The minimum atomic E-state index is -1.05. The maximum atomic E-state index is 13.5. The van der Waals surface area contributed by atoms with Crippen LogP contribution in [-0.4, -0.2) is 62.6 Å². The molecule has 14 heteroatoms. The summed E-state index contributed by atoms with van der Waals surface area (Å²) in [7, 11) is 3.52. The Bertz CT molecular complexity index is 1940. The van der Waals surface area contributed by atoms with E-state index < -0.39 is 18.1 Å². The number of nitrogens with zero attached hydrogens (tertiary/aromatic N) is 6. The van der Waals surface area contributed by atoms with Crippen LogP contribution in [0.3, 0.4) is 0 Å². The highest BCUT2D eigenvalue weighted by Gasteiger charge is 2.39. The third-order valence-electron chi connectivity index (χ3n) is 7.37. The molecule has 4 aromatic heterocycles. The Balaban J connectivity index is 0.00000134. The number of halogens is 1. The van der Waals surface area contributed by atoms with E-state index in [4.69, 9.17) is 14.3 Å². The van der Waals surface area contributed by atoms with E-state index in [1.807, 2.05) is 49.2 Å². The van der Waals surface area contributed by atoms with E-state index in [1.165, 1.54) is 15.3 Å². The standard InChI is InChI=1S/C31H31FN8O3.CO2/c1-4-19-9-12-28(33-16-19)39-13-5-6-23(31(39)42)35-27-15-25(38(2)18-20-7-10-21(43-3)11-8-20)29-34-17-26(40(29)37-27)30(41)36-24-14-22(24)32;2-1-3/h5-13,15-17,22,24H,4,14,18H2,1-3H3,(H,35,37)(H,36,41);/t22-,24+;/m0./s1. The Labute approximate surface area is 262 Å². The molecule has 236 valence electrons. The van der Waals surface area contributed by atoms with Crippen LogP contribution in [0, 0.1) is 0 Å². The third kappa shape index (κ3) is 6.92. The fourth-order valence-corrected chi connectivity index (χ4v) is 4.77. The van der Waals surface area contributed by atoms with Gasteiger partial charge in [-0.05, 0) is 47.9 Å². The number of amides is 1. The third-order valence-corrected chi connectivity index (χ3v) is 7.37. The number of ether oxygens (including phenoxy) is 1. The van der Waals surface area contributed by atoms with Crippen molar-refractivity contribution in [2.24, 2.45) is 0 Å². The van der Waals surface area contributed by atoms with Crippen LogP contribution in [0.15, 0.2) is 78.0 Å². The Morgan fingerprint density at radius 3 is 2.46 bits per heavy atom. The van der Waals surface area contributed by atoms with Gasteiger partial charge in [-0.15, -0.1) is 5.10 Å². The number of methoxy groups -OCH3 is 1. The van der Waals surface area contributed by atoms with E-state index in [0.717, 1.165) is 23.3 Å². The SMILES string of the molecule is CCc1ccc(-n2cccc(Nc3cc(N(C)Cc4ccc(OC)cc4)c4ncc(C(=O)N[C@@H]5C[C@@H]5F)n4n3)c2=O)nc1.O=C=O. The zero-order chi connectivity index (χ0) is 32.8. The Morgan fingerprint density at radius 1 is 1.11 bits per heavy atom. The number of aromatic nitrogens is 5. The summed E-state index contributed by atoms with van der Waals surface area (Å²) in [6, 6.07) is 16.1. The molecule has 1 aliphatic carbocycles. The number of hydrogen-bond acceptors (Lipinski definition) is 10. The molecule has 0 unspecified atom stereocenters. The van der Waals surface area contributed by atoms with E-state index in [2.05, 4.69) is 25.7 Å². The van der Waals surface area contributed by atoms with Crippen LogP contribution in [0.2, 0.25) is 0 Å². The molecule has 6 rings (SSSR count). The van der Waals surface area contributed by atoms with Gasteiger partial charge in [-0.1, -0.05) is 25.1 Å². The van der Waals surface area contributed by atoms with E-state index in [-0.39, 0.29) is 29.5 Å². The number of carbonyl (C=O) groups is 1. The van der Waals surface area contributed by atoms with Crippen molar-refractivity contribution >= 4 is 34.9 Å². The molecule has 46 heavy (non-hydrogen) atoms. The van der Waals surface area contributed by atoms with Gasteiger partial charge in [0.2, 0.25) is 0 Å². The van der Waals surface area contributed by atoms with Crippen molar-refractivity contribution in [3.05, 3.63) is 100 Å². The zero-order valence-corrected chi connectivity index (χ0v) is 25.3. The summed E-state index contributed by atoms with van der Waals surface area (Å²) in [5, 5.41) is 10.4. The van der Waals surface area contributed by atoms with Crippen LogP contribution in [-0.2, 0) is 22.6 Å². The van der Waals surface area contributed by atoms with Crippen molar-refractivity contribution in [3.8, 4) is 11.6 Å². The van der Waals surface area contributed by atoms with E-state index in [1.54, 1.807) is 43.8 Å². The van der Waals surface area contributed by atoms with Gasteiger partial charge in [0.05, 0.1) is 25.0 Å². The van der Waals surface area contributed by atoms with Gasteiger partial charge in [0.1, 0.15) is 23.4 Å². The molecule has 0 saturated heterocycles. The first kappa shape index (κ1) is 31.5. The number of aryl methyl sites for hydroxylation is 1. The molecule has 0 radical (unpaired) electrons. The molecular formula is C32H31FN8O5. The molecule has 1 saturated carbocycles. The molecule has 5 aromatic rings. The lowest BCUT2D eigenvalue weighted by Crippen LogP contribution is -2.28. The highest BCUT2D eigenvalue weighted by atomic mass is 19.1. The summed E-state index contributed by atoms with van der Waals surface area (Å²) in [4.78, 5) is 53.7. The molecule has 1 fully saturated rings. The summed E-state index contributed by atoms with van der Waals surface area (Å²) in [6.45, 7) is 2.56. The smallest absolute Gasteiger partial charge is 0.373 e. The number of anilines is 3. The quantitative estimate of drug-likeness (QED) is 0.236. The lowest BCUT2D eigenvalue weighted by Gasteiger charge is -2.21. The highest BCUT2D eigenvalue weighted by molar-refractivity contribution is 5.94. The first-order valence-corrected chi connectivity index (χ1v) is 14.4. The van der Waals surface area contributed by atoms with Crippen molar-refractivity contribution in [1.82, 2.24) is 29.5 Å². The summed E-state index contributed by atoms with van der Waals surface area (Å²) in [6.07, 6.45) is 5.16. The average Bonchev–Trinajstić information content (AvgIpc) is 3.58. The van der Waals surface area contributed by atoms with Gasteiger partial charge < -0.3 is 20.3 Å². The Kier molecular flexibility index (Phi) is 9.48. The Morgan fingerprint density at radius 2 is 1.83 bits per heavy atom. The van der Waals surface area contributed by atoms with Gasteiger partial charge in [-0.2, -0.15) is 9.59 Å². The summed E-state index contributed by atoms with van der Waals surface area (Å²) < 4.78 is 21.7. The minimum Gasteiger partial charge on any atom is -0.497 e. The number of nitrogens with one attached hydrogen (secondary N) is 2. The predicted octanol–water partition coefficient (Wildman–Crippen LogP) is 3.48. The molecule has 2 N–H and O–H groups in total. The molecule has 0 spiro atoms. The van der Waals surface area contributed by atoms with Crippen LogP contribution in [0.1, 0.15) is 35.0 Å². The maximum Gasteiger partial charge on any atom is 0.373 e. The van der Waals surface area contributed by atoms with Crippen molar-refractivity contribution in [1.29, 1.82) is 0 Å². The van der Waals surface area contributed by atoms with Gasteiger partial charge >= 0.3 is 6.15 Å². The second-order valence-electron chi connectivity index (χ2n) is 10.5. The number of rotatable bonds is 10. The fourth-order valence-electron chi connectivity index (χ4n) is 4.77. The molecule has 1 aliphatic rings. The minimum absolute atomic E-state index is 0.155. The van der Waals surface area contributed by atoms with Crippen LogP contribution in [0.5, 0.6) is 5.75 Å². The second-order valence-corrected chi connectivity index (χ2v) is 10.5. The number of benzene rings is 1. The summed E-state index contributed by atoms with van der Waals surface area (Å²) in [5.41, 5.74) is 3.29. The number of alkyl halides is 1. The predicted molar refractivity (Wildman–Crippen MR) is 166 cm³/mol. The number of fused-ring (bicyclic) bond motifs is 1. The molecule has 0 bridgehead atoms. The average molecular weight is 627 g/mol. The number of pyridine rings is 2. The molecule has 0 aliphatic heterocycles. The number of imidazole rings is 1. The highest BCUT2D eigenvalue weighted by Crippen LogP contribution is 2.28. The first-order valence-electron chi connectivity index (χ1n) is 14.4. The lowest BCUT2D eigenvalue weighted by molar-refractivity contribution is -0.191. The van der Waals surface area contributed by atoms with Crippen LogP contribution >= 0.6 is 0 Å². The molecular weight excluding hydrogens is 595 g/mol. The molecule has 2 atom stereocenters. The number of carbonyl (C=O) groups excluding carboxylic acids is 3. The van der Waals surface area contributed by atoms with E-state index in [0.29, 0.717) is 29.5 Å². The van der Waals surface area contributed by atoms with Gasteiger partial charge in [0.25, 0.3) is 11.5 Å². The zero-order valence-electron chi connectivity index (χ0n) is 25.3. The molecule has 4 heterocycles. The first-order chi connectivity index (χ1) is 22.3. The monoisotopic (exact) mass is 626 g/mol. The van der Waals surface area contributed by atoms with Crippen LogP contribution in [0.25, 0.3) is 11.5 Å². The maximum absolute atomic E-state index is 13.5. The molecule has 1 aromatic carbocycles. The van der Waals surface area contributed by atoms with Crippen LogP contribution < -0.4 is 25.8 Å².